The van der Waals surface area contributed by atoms with Gasteiger partial charge in [-0.3, -0.25) is 4.90 Å². The van der Waals surface area contributed by atoms with Crippen molar-refractivity contribution in [2.75, 3.05) is 39.3 Å². The van der Waals surface area contributed by atoms with E-state index in [9.17, 15) is 0 Å². The summed E-state index contributed by atoms with van der Waals surface area (Å²) in [4.78, 5) is 5.08. The number of rotatable bonds is 7. The van der Waals surface area contributed by atoms with Gasteiger partial charge in [0.25, 0.3) is 0 Å². The van der Waals surface area contributed by atoms with Crippen LogP contribution in [-0.2, 0) is 6.54 Å². The second kappa shape index (κ2) is 8.86. The van der Waals surface area contributed by atoms with E-state index in [2.05, 4.69) is 29.0 Å². The molecule has 2 aromatic rings. The molecule has 1 saturated heterocycles. The molecular weight excluding hydrogens is 334 g/mol. The molecule has 1 aromatic heterocycles. The van der Waals surface area contributed by atoms with Crippen LogP contribution < -0.4 is 5.32 Å². The van der Waals surface area contributed by atoms with Gasteiger partial charge < -0.3 is 14.6 Å². The van der Waals surface area contributed by atoms with Crippen LogP contribution in [0.3, 0.4) is 0 Å². The lowest BCUT2D eigenvalue weighted by Crippen LogP contribution is -2.51. The van der Waals surface area contributed by atoms with Crippen LogP contribution >= 0.6 is 11.6 Å². The van der Waals surface area contributed by atoms with Crippen LogP contribution in [0, 0.1) is 0 Å². The van der Waals surface area contributed by atoms with E-state index < -0.39 is 0 Å². The van der Waals surface area contributed by atoms with Crippen molar-refractivity contribution in [2.24, 2.45) is 0 Å². The minimum absolute atomic E-state index is 0.539. The van der Waals surface area contributed by atoms with Gasteiger partial charge in [0.15, 0.2) is 0 Å². The second-order valence-corrected chi connectivity index (χ2v) is 7.10. The molecule has 0 amide bonds. The van der Waals surface area contributed by atoms with Crippen molar-refractivity contribution in [1.29, 1.82) is 0 Å². The van der Waals surface area contributed by atoms with Crippen molar-refractivity contribution in [2.45, 2.75) is 26.4 Å². The Balaban J connectivity index is 1.46. The van der Waals surface area contributed by atoms with E-state index in [1.165, 1.54) is 13.1 Å². The van der Waals surface area contributed by atoms with Crippen LogP contribution in [0.15, 0.2) is 40.8 Å². The average Bonchev–Trinajstić information content (AvgIpc) is 3.10. The second-order valence-electron chi connectivity index (χ2n) is 6.70. The number of hydrogen-bond acceptors (Lipinski definition) is 4. The summed E-state index contributed by atoms with van der Waals surface area (Å²) in [6.45, 7) is 12.1. The lowest BCUT2D eigenvalue weighted by molar-refractivity contribution is 0.105. The van der Waals surface area contributed by atoms with E-state index in [1.807, 2.05) is 36.4 Å². The molecular formula is C20H28ClN3O. The zero-order valence-electron chi connectivity index (χ0n) is 15.2. The molecule has 4 nitrogen and oxygen atoms in total. The number of nitrogens with zero attached hydrogens (tertiary/aromatic N) is 2. The third-order valence-corrected chi connectivity index (χ3v) is 5.35. The maximum Gasteiger partial charge on any atom is 0.135 e. The fourth-order valence-electron chi connectivity index (χ4n) is 3.33. The Hall–Kier alpha value is -1.33. The van der Waals surface area contributed by atoms with E-state index in [-0.39, 0.29) is 0 Å². The predicted octanol–water partition coefficient (Wildman–Crippen LogP) is 3.72. The quantitative estimate of drug-likeness (QED) is 0.814. The number of nitrogens with one attached hydrogen (secondary N) is 1. The normalized spacial score (nSPS) is 17.7. The molecule has 1 fully saturated rings. The lowest BCUT2D eigenvalue weighted by atomic mass is 10.2. The molecule has 1 aromatic carbocycles. The van der Waals surface area contributed by atoms with Crippen molar-refractivity contribution in [1.82, 2.24) is 15.1 Å². The van der Waals surface area contributed by atoms with E-state index in [1.54, 1.807) is 0 Å². The van der Waals surface area contributed by atoms with Gasteiger partial charge in [-0.1, -0.05) is 30.7 Å². The summed E-state index contributed by atoms with van der Waals surface area (Å²) in [6.07, 6.45) is 0. The summed E-state index contributed by atoms with van der Waals surface area (Å²) >= 11 is 6.24. The zero-order chi connectivity index (χ0) is 17.6. The van der Waals surface area contributed by atoms with Gasteiger partial charge in [-0.2, -0.15) is 0 Å². The highest BCUT2D eigenvalue weighted by molar-refractivity contribution is 6.33. The summed E-state index contributed by atoms with van der Waals surface area (Å²) in [5.74, 6) is 1.77. The molecule has 0 bridgehead atoms. The van der Waals surface area contributed by atoms with Gasteiger partial charge in [-0.25, -0.2) is 0 Å². The highest BCUT2D eigenvalue weighted by Gasteiger charge is 2.19. The first-order valence-electron chi connectivity index (χ1n) is 9.18. The van der Waals surface area contributed by atoms with E-state index in [0.717, 1.165) is 54.8 Å². The molecule has 1 aliphatic rings. The summed E-state index contributed by atoms with van der Waals surface area (Å²) in [5, 5.41) is 4.24. The largest absolute Gasteiger partial charge is 0.460 e. The Morgan fingerprint density at radius 1 is 1.12 bits per heavy atom. The molecule has 0 aliphatic carbocycles. The van der Waals surface area contributed by atoms with Crippen LogP contribution in [0.4, 0.5) is 0 Å². The standard InChI is InChI=1S/C20H28ClN3O/c1-3-23-10-12-24(13-11-23)16(2)14-22-15-17-8-9-20(25-17)18-6-4-5-7-19(18)21/h4-9,16,22H,3,10-15H2,1-2H3. The van der Waals surface area contributed by atoms with Crippen molar-refractivity contribution in [3.63, 3.8) is 0 Å². The van der Waals surface area contributed by atoms with Crippen LogP contribution in [0.2, 0.25) is 5.02 Å². The Labute approximate surface area is 155 Å². The van der Waals surface area contributed by atoms with Gasteiger partial charge in [-0.15, -0.1) is 0 Å². The molecule has 0 spiro atoms. The molecule has 136 valence electrons. The molecule has 0 radical (unpaired) electrons. The molecule has 1 aliphatic heterocycles. The van der Waals surface area contributed by atoms with Gasteiger partial charge in [0, 0.05) is 44.3 Å². The first-order valence-corrected chi connectivity index (χ1v) is 9.56. The smallest absolute Gasteiger partial charge is 0.135 e. The summed E-state index contributed by atoms with van der Waals surface area (Å²) < 4.78 is 5.94. The van der Waals surface area contributed by atoms with Gasteiger partial charge in [0.2, 0.25) is 0 Å². The zero-order valence-corrected chi connectivity index (χ0v) is 15.9. The number of halogens is 1. The third kappa shape index (κ3) is 4.85. The minimum Gasteiger partial charge on any atom is -0.460 e. The topological polar surface area (TPSA) is 31.6 Å². The Morgan fingerprint density at radius 2 is 1.88 bits per heavy atom. The molecule has 5 heteroatoms. The number of furan rings is 1. The first kappa shape index (κ1) is 18.5. The predicted molar refractivity (Wildman–Crippen MR) is 104 cm³/mol. The highest BCUT2D eigenvalue weighted by Crippen LogP contribution is 2.28. The van der Waals surface area contributed by atoms with Crippen LogP contribution in [0.25, 0.3) is 11.3 Å². The molecule has 25 heavy (non-hydrogen) atoms. The maximum absolute atomic E-state index is 6.24. The fraction of sp³-hybridized carbons (Fsp3) is 0.500. The Morgan fingerprint density at radius 3 is 2.60 bits per heavy atom. The van der Waals surface area contributed by atoms with Crippen LogP contribution in [-0.4, -0.2) is 55.1 Å². The van der Waals surface area contributed by atoms with Gasteiger partial charge >= 0.3 is 0 Å². The Bertz CT molecular complexity index is 664. The van der Waals surface area contributed by atoms with Crippen molar-refractivity contribution < 1.29 is 4.42 Å². The SMILES string of the molecule is CCN1CCN(C(C)CNCc2ccc(-c3ccccc3Cl)o2)CC1. The fourth-order valence-corrected chi connectivity index (χ4v) is 3.56. The van der Waals surface area contributed by atoms with Crippen LogP contribution in [0.1, 0.15) is 19.6 Å². The molecule has 0 saturated carbocycles. The van der Waals surface area contributed by atoms with Crippen molar-refractivity contribution in [3.8, 4) is 11.3 Å². The van der Waals surface area contributed by atoms with Crippen molar-refractivity contribution >= 4 is 11.6 Å². The van der Waals surface area contributed by atoms with E-state index >= 15 is 0 Å². The van der Waals surface area contributed by atoms with Gasteiger partial charge in [0.1, 0.15) is 11.5 Å². The highest BCUT2D eigenvalue weighted by atomic mass is 35.5. The third-order valence-electron chi connectivity index (χ3n) is 5.02. The molecule has 1 unspecified atom stereocenters. The number of piperazine rings is 1. The number of likely N-dealkylation sites (N-methyl/N-ethyl adjacent to an activating group) is 1. The molecule has 1 N–H and O–H groups in total. The summed E-state index contributed by atoms with van der Waals surface area (Å²) in [7, 11) is 0. The molecule has 1 atom stereocenters. The Kier molecular flexibility index (Phi) is 6.54. The monoisotopic (exact) mass is 361 g/mol. The minimum atomic E-state index is 0.539. The molecule has 2 heterocycles. The average molecular weight is 362 g/mol. The summed E-state index contributed by atoms with van der Waals surface area (Å²) in [6, 6.07) is 12.3. The lowest BCUT2D eigenvalue weighted by Gasteiger charge is -2.37. The van der Waals surface area contributed by atoms with Crippen LogP contribution in [0.5, 0.6) is 0 Å². The maximum atomic E-state index is 6.24. The van der Waals surface area contributed by atoms with Gasteiger partial charge in [0.05, 0.1) is 11.6 Å². The van der Waals surface area contributed by atoms with E-state index in [4.69, 9.17) is 16.0 Å². The number of benzene rings is 1. The number of hydrogen-bond donors (Lipinski definition) is 1. The first-order chi connectivity index (χ1) is 12.2. The molecule has 3 rings (SSSR count). The van der Waals surface area contributed by atoms with Gasteiger partial charge in [-0.05, 0) is 37.7 Å². The van der Waals surface area contributed by atoms with Crippen molar-refractivity contribution in [3.05, 3.63) is 47.2 Å². The summed E-state index contributed by atoms with van der Waals surface area (Å²) in [5.41, 5.74) is 0.942. The van der Waals surface area contributed by atoms with E-state index in [0.29, 0.717) is 6.04 Å².